The number of hydrogen-bond acceptors (Lipinski definition) is 5. The van der Waals surface area contributed by atoms with Gasteiger partial charge in [0, 0.05) is 12.6 Å². The molecule has 2 heterocycles. The third-order valence-corrected chi connectivity index (χ3v) is 4.04. The van der Waals surface area contributed by atoms with E-state index in [0.29, 0.717) is 22.4 Å². The van der Waals surface area contributed by atoms with E-state index in [0.717, 1.165) is 10.7 Å². The molecule has 20 heavy (non-hydrogen) atoms. The fraction of sp³-hybridized carbons (Fsp3) is 0.154. The van der Waals surface area contributed by atoms with Crippen LogP contribution >= 0.6 is 23.4 Å². The van der Waals surface area contributed by atoms with Crippen LogP contribution < -0.4 is 0 Å². The highest BCUT2D eigenvalue weighted by molar-refractivity contribution is 7.98. The van der Waals surface area contributed by atoms with Gasteiger partial charge in [0.25, 0.3) is 0 Å². The molecule has 3 rings (SSSR count). The lowest BCUT2D eigenvalue weighted by atomic mass is 10.2. The van der Waals surface area contributed by atoms with Crippen molar-refractivity contribution in [3.63, 3.8) is 0 Å². The average molecular weight is 307 g/mol. The molecule has 1 aromatic carbocycles. The van der Waals surface area contributed by atoms with E-state index < -0.39 is 0 Å². The van der Waals surface area contributed by atoms with Crippen molar-refractivity contribution in [2.24, 2.45) is 7.05 Å². The van der Waals surface area contributed by atoms with Crippen LogP contribution in [0.1, 0.15) is 5.89 Å². The number of halogens is 1. The maximum atomic E-state index is 6.13. The van der Waals surface area contributed by atoms with Gasteiger partial charge in [-0.05, 0) is 12.1 Å². The highest BCUT2D eigenvalue weighted by atomic mass is 35.5. The molecule has 0 bridgehead atoms. The first kappa shape index (κ1) is 13.2. The second kappa shape index (κ2) is 5.68. The van der Waals surface area contributed by atoms with Crippen molar-refractivity contribution in [3.05, 3.63) is 47.7 Å². The molecule has 0 spiro atoms. The Morgan fingerprint density at radius 3 is 2.95 bits per heavy atom. The average Bonchev–Trinajstić information content (AvgIpc) is 3.06. The summed E-state index contributed by atoms with van der Waals surface area (Å²) in [4.78, 5) is 4.26. The van der Waals surface area contributed by atoms with Gasteiger partial charge >= 0.3 is 0 Å². The summed E-state index contributed by atoms with van der Waals surface area (Å²) in [5.41, 5.74) is 0.844. The van der Waals surface area contributed by atoms with E-state index >= 15 is 0 Å². The smallest absolute Gasteiger partial charge is 0.205 e. The van der Waals surface area contributed by atoms with Crippen LogP contribution in [0.5, 0.6) is 0 Å². The summed E-state index contributed by atoms with van der Waals surface area (Å²) in [5.74, 6) is 1.90. The van der Waals surface area contributed by atoms with Crippen LogP contribution in [0, 0.1) is 0 Å². The van der Waals surface area contributed by atoms with E-state index in [1.54, 1.807) is 12.5 Å². The Morgan fingerprint density at radius 2 is 2.20 bits per heavy atom. The Hall–Kier alpha value is -1.79. The Bertz CT molecular complexity index is 724. The third kappa shape index (κ3) is 2.71. The van der Waals surface area contributed by atoms with E-state index in [-0.39, 0.29) is 0 Å². The van der Waals surface area contributed by atoms with Gasteiger partial charge in [0.1, 0.15) is 6.33 Å². The predicted molar refractivity (Wildman–Crippen MR) is 77.5 cm³/mol. The van der Waals surface area contributed by atoms with Gasteiger partial charge in [-0.15, -0.1) is 10.2 Å². The number of benzene rings is 1. The number of nitrogens with zero attached hydrogens (tertiary/aromatic N) is 4. The second-order valence-electron chi connectivity index (χ2n) is 4.11. The summed E-state index contributed by atoms with van der Waals surface area (Å²) in [6, 6.07) is 7.53. The minimum Gasteiger partial charge on any atom is -0.440 e. The lowest BCUT2D eigenvalue weighted by Crippen LogP contribution is -1.89. The zero-order valence-electron chi connectivity index (χ0n) is 10.7. The molecule has 0 aliphatic heterocycles. The van der Waals surface area contributed by atoms with Gasteiger partial charge in [-0.2, -0.15) is 0 Å². The monoisotopic (exact) mass is 306 g/mol. The molecule has 0 radical (unpaired) electrons. The van der Waals surface area contributed by atoms with Crippen molar-refractivity contribution in [2.45, 2.75) is 10.9 Å². The van der Waals surface area contributed by atoms with E-state index in [2.05, 4.69) is 15.2 Å². The molecule has 3 aromatic rings. The Kier molecular flexibility index (Phi) is 3.75. The van der Waals surface area contributed by atoms with Crippen LogP contribution in [0.15, 0.2) is 46.4 Å². The minimum atomic E-state index is 0.594. The van der Waals surface area contributed by atoms with Crippen molar-refractivity contribution < 1.29 is 4.42 Å². The molecule has 7 heteroatoms. The molecular formula is C13H11ClN4OS. The highest BCUT2D eigenvalue weighted by Gasteiger charge is 2.10. The van der Waals surface area contributed by atoms with Gasteiger partial charge in [-0.3, -0.25) is 0 Å². The topological polar surface area (TPSA) is 56.7 Å². The number of rotatable bonds is 4. The number of aromatic nitrogens is 4. The maximum absolute atomic E-state index is 6.13. The third-order valence-electron chi connectivity index (χ3n) is 2.69. The fourth-order valence-corrected chi connectivity index (χ4v) is 2.66. The van der Waals surface area contributed by atoms with Crippen molar-refractivity contribution >= 4 is 23.4 Å². The Balaban J connectivity index is 1.74. The lowest BCUT2D eigenvalue weighted by Gasteiger charge is -1.99. The van der Waals surface area contributed by atoms with Gasteiger partial charge < -0.3 is 8.98 Å². The van der Waals surface area contributed by atoms with Crippen LogP contribution in [-0.2, 0) is 12.8 Å². The zero-order valence-corrected chi connectivity index (χ0v) is 12.2. The van der Waals surface area contributed by atoms with E-state index in [1.165, 1.54) is 11.8 Å². The van der Waals surface area contributed by atoms with Crippen LogP contribution in [0.4, 0.5) is 0 Å². The lowest BCUT2D eigenvalue weighted by molar-refractivity contribution is 0.529. The van der Waals surface area contributed by atoms with Gasteiger partial charge in [-0.25, -0.2) is 4.98 Å². The summed E-state index contributed by atoms with van der Waals surface area (Å²) in [5, 5.41) is 9.29. The fourth-order valence-electron chi connectivity index (χ4n) is 1.69. The van der Waals surface area contributed by atoms with Gasteiger partial charge in [0.2, 0.25) is 5.89 Å². The SMILES string of the molecule is Cn1cnnc1SCc1ncc(-c2ccccc2Cl)o1. The number of hydrogen-bond donors (Lipinski definition) is 0. The summed E-state index contributed by atoms with van der Waals surface area (Å²) >= 11 is 7.65. The van der Waals surface area contributed by atoms with Crippen molar-refractivity contribution in [1.29, 1.82) is 0 Å². The summed E-state index contributed by atoms with van der Waals surface area (Å²) in [7, 11) is 1.90. The first-order chi connectivity index (χ1) is 9.74. The molecule has 0 saturated heterocycles. The molecule has 5 nitrogen and oxygen atoms in total. The molecule has 0 unspecified atom stereocenters. The number of aryl methyl sites for hydroxylation is 1. The molecular weight excluding hydrogens is 296 g/mol. The zero-order chi connectivity index (χ0) is 13.9. The molecule has 0 atom stereocenters. The second-order valence-corrected chi connectivity index (χ2v) is 5.46. The molecule has 0 fully saturated rings. The summed E-state index contributed by atoms with van der Waals surface area (Å²) in [6.07, 6.45) is 3.35. The minimum absolute atomic E-state index is 0.594. The number of oxazole rings is 1. The first-order valence-corrected chi connectivity index (χ1v) is 7.27. The summed E-state index contributed by atoms with van der Waals surface area (Å²) in [6.45, 7) is 0. The molecule has 0 aliphatic carbocycles. The van der Waals surface area contributed by atoms with Gasteiger partial charge in [0.15, 0.2) is 10.9 Å². The molecule has 2 aromatic heterocycles. The normalized spacial score (nSPS) is 10.9. The van der Waals surface area contributed by atoms with Crippen LogP contribution in [0.2, 0.25) is 5.02 Å². The molecule has 0 amide bonds. The van der Waals surface area contributed by atoms with Crippen molar-refractivity contribution in [2.75, 3.05) is 0 Å². The summed E-state index contributed by atoms with van der Waals surface area (Å²) < 4.78 is 7.56. The molecule has 0 N–H and O–H groups in total. The Labute approximate surface area is 125 Å². The van der Waals surface area contributed by atoms with Crippen LogP contribution in [-0.4, -0.2) is 19.7 Å². The molecule has 0 saturated carbocycles. The number of thioether (sulfide) groups is 1. The predicted octanol–water partition coefficient (Wildman–Crippen LogP) is 3.42. The molecule has 0 aliphatic rings. The van der Waals surface area contributed by atoms with Crippen LogP contribution in [0.3, 0.4) is 0 Å². The van der Waals surface area contributed by atoms with E-state index in [9.17, 15) is 0 Å². The van der Waals surface area contributed by atoms with E-state index in [1.807, 2.05) is 35.9 Å². The first-order valence-electron chi connectivity index (χ1n) is 5.90. The van der Waals surface area contributed by atoms with Crippen molar-refractivity contribution in [3.8, 4) is 11.3 Å². The van der Waals surface area contributed by atoms with Gasteiger partial charge in [-0.1, -0.05) is 35.5 Å². The Morgan fingerprint density at radius 1 is 1.35 bits per heavy atom. The highest BCUT2D eigenvalue weighted by Crippen LogP contribution is 2.29. The van der Waals surface area contributed by atoms with Gasteiger partial charge in [0.05, 0.1) is 17.0 Å². The van der Waals surface area contributed by atoms with Crippen LogP contribution in [0.25, 0.3) is 11.3 Å². The standard InChI is InChI=1S/C13H11ClN4OS/c1-18-8-16-17-13(18)20-7-12-15-6-11(19-12)9-4-2-3-5-10(9)14/h2-6,8H,7H2,1H3. The molecule has 102 valence electrons. The largest absolute Gasteiger partial charge is 0.440 e. The van der Waals surface area contributed by atoms with Crippen molar-refractivity contribution in [1.82, 2.24) is 19.7 Å². The maximum Gasteiger partial charge on any atom is 0.205 e. The van der Waals surface area contributed by atoms with E-state index in [4.69, 9.17) is 16.0 Å². The quantitative estimate of drug-likeness (QED) is 0.691.